The molecule has 1 saturated heterocycles. The number of aliphatic hydroxyl groups is 1. The summed E-state index contributed by atoms with van der Waals surface area (Å²) in [5.74, 6) is 0.0902. The molecule has 0 unspecified atom stereocenters. The van der Waals surface area contributed by atoms with Crippen LogP contribution in [-0.2, 0) is 21.2 Å². The van der Waals surface area contributed by atoms with Crippen molar-refractivity contribution >= 4 is 15.9 Å². The molecule has 8 heteroatoms. The lowest BCUT2D eigenvalue weighted by Crippen LogP contribution is -2.46. The number of rotatable bonds is 7. The zero-order valence-corrected chi connectivity index (χ0v) is 14.5. The fraction of sp³-hybridized carbons (Fsp3) is 0.562. The van der Waals surface area contributed by atoms with Crippen molar-refractivity contribution in [3.05, 3.63) is 35.9 Å². The molecule has 2 amide bonds. The summed E-state index contributed by atoms with van der Waals surface area (Å²) in [7, 11) is -1.48. The molecule has 7 nitrogen and oxygen atoms in total. The molecule has 0 aromatic heterocycles. The van der Waals surface area contributed by atoms with E-state index < -0.39 is 15.9 Å². The molecule has 1 aliphatic rings. The minimum atomic E-state index is -3.03. The van der Waals surface area contributed by atoms with Crippen LogP contribution in [0.3, 0.4) is 0 Å². The topological polar surface area (TPSA) is 95.9 Å². The van der Waals surface area contributed by atoms with E-state index in [2.05, 4.69) is 5.32 Å². The molecule has 24 heavy (non-hydrogen) atoms. The summed E-state index contributed by atoms with van der Waals surface area (Å²) in [6.45, 7) is 0.623. The van der Waals surface area contributed by atoms with Crippen molar-refractivity contribution in [2.45, 2.75) is 25.2 Å². The van der Waals surface area contributed by atoms with Crippen molar-refractivity contribution in [1.82, 2.24) is 10.2 Å². The average Bonchev–Trinajstić information content (AvgIpc) is 2.87. The monoisotopic (exact) mass is 356 g/mol. The first-order chi connectivity index (χ1) is 11.4. The lowest BCUT2D eigenvalue weighted by Gasteiger charge is -2.23. The van der Waals surface area contributed by atoms with Gasteiger partial charge >= 0.3 is 6.03 Å². The first kappa shape index (κ1) is 18.7. The quantitative estimate of drug-likeness (QED) is 0.737. The maximum absolute atomic E-state index is 12.0. The van der Waals surface area contributed by atoms with Crippen LogP contribution in [0.25, 0.3) is 0 Å². The number of likely N-dealkylation sites (N-methyl/N-ethyl adjacent to an activating group) is 1. The largest absolute Gasteiger partial charge is 0.389 e. The van der Waals surface area contributed by atoms with Crippen LogP contribution in [0, 0.1) is 0 Å². The lowest BCUT2D eigenvalue weighted by molar-refractivity contribution is 0.0180. The van der Waals surface area contributed by atoms with Crippen molar-refractivity contribution < 1.29 is 23.1 Å². The van der Waals surface area contributed by atoms with Crippen LogP contribution in [0.2, 0.25) is 0 Å². The molecule has 1 fully saturated rings. The second kappa shape index (κ2) is 8.46. The molecular weight excluding hydrogens is 332 g/mol. The van der Waals surface area contributed by atoms with E-state index >= 15 is 0 Å². The Hall–Kier alpha value is -1.64. The van der Waals surface area contributed by atoms with Crippen LogP contribution in [0.15, 0.2) is 30.3 Å². The fourth-order valence-electron chi connectivity index (χ4n) is 2.53. The molecule has 1 heterocycles. The number of hydrogen-bond donors (Lipinski definition) is 2. The Bertz CT molecular complexity index is 635. The Balaban J connectivity index is 1.67. The van der Waals surface area contributed by atoms with Crippen LogP contribution in [0.4, 0.5) is 4.79 Å². The van der Waals surface area contributed by atoms with Crippen LogP contribution >= 0.6 is 0 Å². The van der Waals surface area contributed by atoms with Gasteiger partial charge in [0.1, 0.15) is 0 Å². The summed E-state index contributed by atoms with van der Waals surface area (Å²) in [6.07, 6.45) is -0.373. The van der Waals surface area contributed by atoms with Crippen molar-refractivity contribution in [2.75, 3.05) is 31.7 Å². The molecule has 1 aromatic carbocycles. The zero-order valence-electron chi connectivity index (χ0n) is 13.7. The standard InChI is InChI=1S/C16H24N2O5S/c1-18(16(20)17-14-7-8-24(21,22)12-14)9-15(19)11-23-10-13-5-3-2-4-6-13/h2-6,14-15,19H,7-12H2,1H3,(H,17,20)/t14-,15-/m0/s1. The van der Waals surface area contributed by atoms with E-state index in [4.69, 9.17) is 4.74 Å². The number of carbonyl (C=O) groups is 1. The van der Waals surface area contributed by atoms with E-state index in [1.807, 2.05) is 30.3 Å². The predicted octanol–water partition coefficient (Wildman–Crippen LogP) is 0.393. The number of sulfone groups is 1. The predicted molar refractivity (Wildman–Crippen MR) is 90.3 cm³/mol. The summed E-state index contributed by atoms with van der Waals surface area (Å²) in [4.78, 5) is 13.3. The lowest BCUT2D eigenvalue weighted by atomic mass is 10.2. The van der Waals surface area contributed by atoms with Crippen LogP contribution in [-0.4, -0.2) is 68.3 Å². The fourth-order valence-corrected chi connectivity index (χ4v) is 4.21. The van der Waals surface area contributed by atoms with E-state index in [1.165, 1.54) is 4.90 Å². The van der Waals surface area contributed by atoms with Crippen LogP contribution < -0.4 is 5.32 Å². The van der Waals surface area contributed by atoms with E-state index in [-0.39, 0.29) is 36.7 Å². The number of benzene rings is 1. The second-order valence-electron chi connectivity index (χ2n) is 6.08. The third kappa shape index (κ3) is 6.10. The minimum Gasteiger partial charge on any atom is -0.389 e. The van der Waals surface area contributed by atoms with Gasteiger partial charge in [-0.1, -0.05) is 30.3 Å². The molecule has 2 N–H and O–H groups in total. The third-order valence-electron chi connectivity index (χ3n) is 3.81. The summed E-state index contributed by atoms with van der Waals surface area (Å²) in [5, 5.41) is 12.6. The highest BCUT2D eigenvalue weighted by Gasteiger charge is 2.29. The summed E-state index contributed by atoms with van der Waals surface area (Å²) in [6, 6.07) is 8.87. The number of hydrogen-bond acceptors (Lipinski definition) is 5. The number of amides is 2. The van der Waals surface area contributed by atoms with Crippen molar-refractivity contribution in [3.63, 3.8) is 0 Å². The summed E-state index contributed by atoms with van der Waals surface area (Å²) in [5.41, 5.74) is 1.01. The molecule has 0 spiro atoms. The number of urea groups is 1. The highest BCUT2D eigenvalue weighted by molar-refractivity contribution is 7.91. The molecule has 1 aliphatic heterocycles. The van der Waals surface area contributed by atoms with Gasteiger partial charge in [-0.25, -0.2) is 13.2 Å². The van der Waals surface area contributed by atoms with Gasteiger partial charge in [0.15, 0.2) is 9.84 Å². The molecule has 0 radical (unpaired) electrons. The maximum Gasteiger partial charge on any atom is 0.317 e. The van der Waals surface area contributed by atoms with E-state index in [1.54, 1.807) is 7.05 Å². The Morgan fingerprint density at radius 3 is 2.75 bits per heavy atom. The van der Waals surface area contributed by atoms with Gasteiger partial charge in [-0.05, 0) is 12.0 Å². The van der Waals surface area contributed by atoms with Gasteiger partial charge < -0.3 is 20.1 Å². The van der Waals surface area contributed by atoms with Crippen molar-refractivity contribution in [3.8, 4) is 0 Å². The van der Waals surface area contributed by atoms with Gasteiger partial charge in [0.05, 0.1) is 37.4 Å². The van der Waals surface area contributed by atoms with Crippen molar-refractivity contribution in [1.29, 1.82) is 0 Å². The molecule has 134 valence electrons. The SMILES string of the molecule is CN(C[C@H](O)COCc1ccccc1)C(=O)N[C@H]1CCS(=O)(=O)C1. The van der Waals surface area contributed by atoms with E-state index in [0.717, 1.165) is 5.56 Å². The van der Waals surface area contributed by atoms with E-state index in [0.29, 0.717) is 13.0 Å². The number of nitrogens with zero attached hydrogens (tertiary/aromatic N) is 1. The highest BCUT2D eigenvalue weighted by atomic mass is 32.2. The van der Waals surface area contributed by atoms with Gasteiger partial charge in [0, 0.05) is 13.1 Å². The summed E-state index contributed by atoms with van der Waals surface area (Å²) < 4.78 is 28.2. The smallest absolute Gasteiger partial charge is 0.317 e. The first-order valence-electron chi connectivity index (χ1n) is 7.87. The summed E-state index contributed by atoms with van der Waals surface area (Å²) >= 11 is 0. The minimum absolute atomic E-state index is 0.0185. The number of ether oxygens (including phenoxy) is 1. The van der Waals surface area contributed by atoms with Crippen LogP contribution in [0.1, 0.15) is 12.0 Å². The first-order valence-corrected chi connectivity index (χ1v) is 9.69. The Morgan fingerprint density at radius 1 is 1.42 bits per heavy atom. The normalized spacial score (nSPS) is 20.5. The van der Waals surface area contributed by atoms with Gasteiger partial charge in [0.25, 0.3) is 0 Å². The Kier molecular flexibility index (Phi) is 6.59. The molecule has 0 saturated carbocycles. The molecule has 0 aliphatic carbocycles. The molecule has 2 atom stereocenters. The molecule has 1 aromatic rings. The maximum atomic E-state index is 12.0. The Morgan fingerprint density at radius 2 is 2.12 bits per heavy atom. The molecule has 2 rings (SSSR count). The zero-order chi connectivity index (χ0) is 17.6. The van der Waals surface area contributed by atoms with Gasteiger partial charge in [-0.2, -0.15) is 0 Å². The molecule has 0 bridgehead atoms. The van der Waals surface area contributed by atoms with Gasteiger partial charge in [-0.3, -0.25) is 0 Å². The van der Waals surface area contributed by atoms with E-state index in [9.17, 15) is 18.3 Å². The Labute approximate surface area is 142 Å². The van der Waals surface area contributed by atoms with Crippen molar-refractivity contribution in [2.24, 2.45) is 0 Å². The van der Waals surface area contributed by atoms with Gasteiger partial charge in [0.2, 0.25) is 0 Å². The van der Waals surface area contributed by atoms with Gasteiger partial charge in [-0.15, -0.1) is 0 Å². The number of aliphatic hydroxyl groups excluding tert-OH is 1. The number of nitrogens with one attached hydrogen (secondary N) is 1. The molecular formula is C16H24N2O5S. The van der Waals surface area contributed by atoms with Crippen LogP contribution in [0.5, 0.6) is 0 Å². The average molecular weight is 356 g/mol. The highest BCUT2D eigenvalue weighted by Crippen LogP contribution is 2.11. The number of carbonyl (C=O) groups excluding carboxylic acids is 1. The second-order valence-corrected chi connectivity index (χ2v) is 8.31. The third-order valence-corrected chi connectivity index (χ3v) is 5.58.